The first-order valence-electron chi connectivity index (χ1n) is 7.38. The van der Waals surface area contributed by atoms with Crippen LogP contribution in [-0.2, 0) is 0 Å². The Morgan fingerprint density at radius 1 is 1.19 bits per heavy atom. The van der Waals surface area contributed by atoms with E-state index in [1.165, 1.54) is 0 Å². The minimum Gasteiger partial charge on any atom is -0.325 e. The first-order chi connectivity index (χ1) is 10.1. The molecule has 1 saturated carbocycles. The topological polar surface area (TPSA) is 55.1 Å². The molecule has 3 rings (SSSR count). The summed E-state index contributed by atoms with van der Waals surface area (Å²) in [5, 5.41) is 3.02. The van der Waals surface area contributed by atoms with Crippen molar-refractivity contribution >= 4 is 11.6 Å². The molecule has 0 aliphatic heterocycles. The summed E-state index contributed by atoms with van der Waals surface area (Å²) in [7, 11) is 0. The number of carbonyl (C=O) groups is 1. The number of anilines is 1. The maximum atomic E-state index is 12.3. The lowest BCUT2D eigenvalue weighted by Crippen LogP contribution is -2.23. The average Bonchev–Trinajstić information content (AvgIpc) is 3.21. The van der Waals surface area contributed by atoms with E-state index in [0.29, 0.717) is 11.5 Å². The molecule has 3 heteroatoms. The van der Waals surface area contributed by atoms with Crippen molar-refractivity contribution in [2.24, 2.45) is 5.73 Å². The zero-order chi connectivity index (χ0) is 14.9. The van der Waals surface area contributed by atoms with E-state index in [2.05, 4.69) is 18.3 Å². The summed E-state index contributed by atoms with van der Waals surface area (Å²) >= 11 is 0. The SMILES string of the molecule is CC[C@]1(N)C[C@@H]1c1ccccc1NC(=O)c1ccccc1. The maximum absolute atomic E-state index is 12.3. The van der Waals surface area contributed by atoms with Crippen LogP contribution >= 0.6 is 0 Å². The molecule has 21 heavy (non-hydrogen) atoms. The lowest BCUT2D eigenvalue weighted by atomic mass is 10.0. The smallest absolute Gasteiger partial charge is 0.255 e. The van der Waals surface area contributed by atoms with Crippen LogP contribution in [0.4, 0.5) is 5.69 Å². The summed E-state index contributed by atoms with van der Waals surface area (Å²) in [4.78, 5) is 12.3. The molecule has 2 aromatic rings. The van der Waals surface area contributed by atoms with Gasteiger partial charge in [0.15, 0.2) is 0 Å². The molecule has 1 aliphatic rings. The normalized spacial score (nSPS) is 23.6. The second kappa shape index (κ2) is 5.34. The van der Waals surface area contributed by atoms with E-state index in [-0.39, 0.29) is 11.4 Å². The number of amides is 1. The van der Waals surface area contributed by atoms with Gasteiger partial charge in [-0.05, 0) is 36.6 Å². The minimum absolute atomic E-state index is 0.0807. The summed E-state index contributed by atoms with van der Waals surface area (Å²) in [6.07, 6.45) is 1.94. The van der Waals surface area contributed by atoms with Crippen molar-refractivity contribution in [3.05, 3.63) is 65.7 Å². The number of hydrogen-bond donors (Lipinski definition) is 2. The van der Waals surface area contributed by atoms with Crippen LogP contribution in [0.5, 0.6) is 0 Å². The van der Waals surface area contributed by atoms with Gasteiger partial charge in [0.25, 0.3) is 5.91 Å². The van der Waals surface area contributed by atoms with Crippen LogP contribution in [0, 0.1) is 0 Å². The van der Waals surface area contributed by atoms with E-state index >= 15 is 0 Å². The molecule has 3 nitrogen and oxygen atoms in total. The second-order valence-corrected chi connectivity index (χ2v) is 5.75. The molecule has 108 valence electrons. The summed E-state index contributed by atoms with van der Waals surface area (Å²) < 4.78 is 0. The Bertz CT molecular complexity index is 653. The van der Waals surface area contributed by atoms with Gasteiger partial charge in [0, 0.05) is 22.7 Å². The number of benzene rings is 2. The molecule has 0 bridgehead atoms. The molecule has 0 radical (unpaired) electrons. The van der Waals surface area contributed by atoms with Gasteiger partial charge in [-0.1, -0.05) is 43.3 Å². The molecular formula is C18H20N2O. The molecule has 0 spiro atoms. The van der Waals surface area contributed by atoms with E-state index < -0.39 is 0 Å². The van der Waals surface area contributed by atoms with Crippen molar-refractivity contribution in [1.82, 2.24) is 0 Å². The fourth-order valence-corrected chi connectivity index (χ4v) is 2.83. The third-order valence-electron chi connectivity index (χ3n) is 4.40. The highest BCUT2D eigenvalue weighted by atomic mass is 16.1. The molecule has 0 aromatic heterocycles. The number of nitrogens with two attached hydrogens (primary N) is 1. The quantitative estimate of drug-likeness (QED) is 0.900. The number of rotatable bonds is 4. The van der Waals surface area contributed by atoms with E-state index in [1.54, 1.807) is 0 Å². The first-order valence-corrected chi connectivity index (χ1v) is 7.38. The highest BCUT2D eigenvalue weighted by molar-refractivity contribution is 6.04. The molecule has 0 heterocycles. The molecule has 0 unspecified atom stereocenters. The van der Waals surface area contributed by atoms with Crippen molar-refractivity contribution in [3.8, 4) is 0 Å². The second-order valence-electron chi connectivity index (χ2n) is 5.75. The number of para-hydroxylation sites is 1. The standard InChI is InChI=1S/C18H20N2O/c1-2-18(19)12-15(18)14-10-6-7-11-16(14)20-17(21)13-8-4-3-5-9-13/h3-11,15H,2,12,19H2,1H3,(H,20,21)/t15-,18+/m1/s1. The van der Waals surface area contributed by atoms with E-state index in [0.717, 1.165) is 24.1 Å². The van der Waals surface area contributed by atoms with Crippen LogP contribution in [0.3, 0.4) is 0 Å². The Morgan fingerprint density at radius 2 is 1.86 bits per heavy atom. The van der Waals surface area contributed by atoms with Crippen LogP contribution in [0.15, 0.2) is 54.6 Å². The molecular weight excluding hydrogens is 260 g/mol. The summed E-state index contributed by atoms with van der Waals surface area (Å²) in [6, 6.07) is 17.2. The van der Waals surface area contributed by atoms with Gasteiger partial charge in [-0.15, -0.1) is 0 Å². The van der Waals surface area contributed by atoms with Crippen LogP contribution < -0.4 is 11.1 Å². The third-order valence-corrected chi connectivity index (χ3v) is 4.40. The summed E-state index contributed by atoms with van der Waals surface area (Å²) in [5.41, 5.74) is 8.90. The fourth-order valence-electron chi connectivity index (χ4n) is 2.83. The van der Waals surface area contributed by atoms with Gasteiger partial charge in [-0.2, -0.15) is 0 Å². The zero-order valence-corrected chi connectivity index (χ0v) is 12.2. The Balaban J connectivity index is 1.82. The van der Waals surface area contributed by atoms with E-state index in [9.17, 15) is 4.79 Å². The predicted molar refractivity (Wildman–Crippen MR) is 85.4 cm³/mol. The van der Waals surface area contributed by atoms with Gasteiger partial charge in [-0.25, -0.2) is 0 Å². The minimum atomic E-state index is -0.104. The van der Waals surface area contributed by atoms with Crippen LogP contribution in [-0.4, -0.2) is 11.4 Å². The first kappa shape index (κ1) is 13.8. The lowest BCUT2D eigenvalue weighted by molar-refractivity contribution is 0.102. The van der Waals surface area contributed by atoms with Gasteiger partial charge < -0.3 is 11.1 Å². The molecule has 2 aromatic carbocycles. The number of carbonyl (C=O) groups excluding carboxylic acids is 1. The monoisotopic (exact) mass is 280 g/mol. The van der Waals surface area contributed by atoms with Crippen molar-refractivity contribution in [2.45, 2.75) is 31.2 Å². The van der Waals surface area contributed by atoms with Crippen molar-refractivity contribution in [1.29, 1.82) is 0 Å². The highest BCUT2D eigenvalue weighted by Gasteiger charge is 2.50. The number of hydrogen-bond acceptors (Lipinski definition) is 2. The maximum Gasteiger partial charge on any atom is 0.255 e. The van der Waals surface area contributed by atoms with E-state index in [1.807, 2.05) is 48.5 Å². The van der Waals surface area contributed by atoms with Crippen LogP contribution in [0.2, 0.25) is 0 Å². The van der Waals surface area contributed by atoms with Gasteiger partial charge in [0.1, 0.15) is 0 Å². The van der Waals surface area contributed by atoms with Gasteiger partial charge in [-0.3, -0.25) is 4.79 Å². The van der Waals surface area contributed by atoms with Crippen molar-refractivity contribution in [3.63, 3.8) is 0 Å². The third kappa shape index (κ3) is 2.69. The summed E-state index contributed by atoms with van der Waals surface area (Å²) in [5.74, 6) is 0.262. The average molecular weight is 280 g/mol. The zero-order valence-electron chi connectivity index (χ0n) is 12.2. The predicted octanol–water partition coefficient (Wildman–Crippen LogP) is 3.53. The summed E-state index contributed by atoms with van der Waals surface area (Å²) in [6.45, 7) is 2.12. The van der Waals surface area contributed by atoms with Crippen molar-refractivity contribution in [2.75, 3.05) is 5.32 Å². The Labute approximate surface area is 125 Å². The molecule has 1 fully saturated rings. The largest absolute Gasteiger partial charge is 0.325 e. The van der Waals surface area contributed by atoms with Gasteiger partial charge >= 0.3 is 0 Å². The fraction of sp³-hybridized carbons (Fsp3) is 0.278. The molecule has 1 aliphatic carbocycles. The Morgan fingerprint density at radius 3 is 2.52 bits per heavy atom. The van der Waals surface area contributed by atoms with E-state index in [4.69, 9.17) is 5.73 Å². The van der Waals surface area contributed by atoms with Gasteiger partial charge in [0.05, 0.1) is 0 Å². The highest BCUT2D eigenvalue weighted by Crippen LogP contribution is 2.53. The van der Waals surface area contributed by atoms with Crippen LogP contribution in [0.25, 0.3) is 0 Å². The lowest BCUT2D eigenvalue weighted by Gasteiger charge is -2.13. The molecule has 2 atom stereocenters. The Kier molecular flexibility index (Phi) is 3.52. The van der Waals surface area contributed by atoms with Crippen LogP contribution in [0.1, 0.15) is 41.6 Å². The van der Waals surface area contributed by atoms with Gasteiger partial charge in [0.2, 0.25) is 0 Å². The Hall–Kier alpha value is -2.13. The molecule has 0 saturated heterocycles. The number of nitrogens with one attached hydrogen (secondary N) is 1. The van der Waals surface area contributed by atoms with Crippen molar-refractivity contribution < 1.29 is 4.79 Å². The molecule has 1 amide bonds. The molecule has 3 N–H and O–H groups in total.